The predicted molar refractivity (Wildman–Crippen MR) is 67.5 cm³/mol. The molecule has 0 amide bonds. The van der Waals surface area contributed by atoms with Crippen LogP contribution in [0.25, 0.3) is 0 Å². The first-order chi connectivity index (χ1) is 8.77. The second-order valence-corrected chi connectivity index (χ2v) is 4.86. The van der Waals surface area contributed by atoms with Crippen molar-refractivity contribution in [3.8, 4) is 0 Å². The zero-order valence-electron chi connectivity index (χ0n) is 10.6. The van der Waals surface area contributed by atoms with E-state index in [0.717, 1.165) is 0 Å². The van der Waals surface area contributed by atoms with Gasteiger partial charge in [0.15, 0.2) is 0 Å². The number of benzene rings is 1. The lowest BCUT2D eigenvalue weighted by Crippen LogP contribution is -2.29. The van der Waals surface area contributed by atoms with Crippen LogP contribution in [0, 0.1) is 25.6 Å². The third kappa shape index (κ3) is 3.57. The number of nitro groups is 2. The van der Waals surface area contributed by atoms with E-state index in [2.05, 4.69) is 0 Å². The molecule has 7 heteroatoms. The van der Waals surface area contributed by atoms with Crippen molar-refractivity contribution < 1.29 is 14.6 Å². The van der Waals surface area contributed by atoms with E-state index in [1.54, 1.807) is 13.8 Å². The molecule has 0 spiro atoms. The highest BCUT2D eigenvalue weighted by Gasteiger charge is 2.34. The molecule has 0 aliphatic heterocycles. The molecule has 102 valence electrons. The van der Waals surface area contributed by atoms with Gasteiger partial charge in [0.05, 0.1) is 10.8 Å². The number of carbonyl (C=O) groups excluding carboxylic acids is 1. The van der Waals surface area contributed by atoms with Gasteiger partial charge in [0.2, 0.25) is 6.54 Å². The Morgan fingerprint density at radius 3 is 2.11 bits per heavy atom. The third-order valence-corrected chi connectivity index (χ3v) is 3.04. The zero-order valence-corrected chi connectivity index (χ0v) is 10.6. The van der Waals surface area contributed by atoms with Crippen LogP contribution in [0.4, 0.5) is 5.69 Å². The highest BCUT2D eigenvalue weighted by atomic mass is 16.6. The first-order valence-corrected chi connectivity index (χ1v) is 5.60. The lowest BCUT2D eigenvalue weighted by molar-refractivity contribution is -0.485. The van der Waals surface area contributed by atoms with Crippen LogP contribution >= 0.6 is 0 Å². The van der Waals surface area contributed by atoms with E-state index in [-0.39, 0.29) is 5.69 Å². The van der Waals surface area contributed by atoms with E-state index < -0.39 is 27.7 Å². The van der Waals surface area contributed by atoms with Crippen LogP contribution < -0.4 is 0 Å². The Bertz CT molecular complexity index is 495. The zero-order chi connectivity index (χ0) is 14.6. The topological polar surface area (TPSA) is 103 Å². The van der Waals surface area contributed by atoms with Gasteiger partial charge in [0.25, 0.3) is 5.69 Å². The number of carbonyl (C=O) groups is 1. The molecule has 0 saturated heterocycles. The molecule has 1 rings (SSSR count). The lowest BCUT2D eigenvalue weighted by Gasteiger charge is -2.26. The van der Waals surface area contributed by atoms with Crippen molar-refractivity contribution in [3.63, 3.8) is 0 Å². The third-order valence-electron chi connectivity index (χ3n) is 3.04. The van der Waals surface area contributed by atoms with Gasteiger partial charge in [0, 0.05) is 22.5 Å². The van der Waals surface area contributed by atoms with E-state index in [9.17, 15) is 25.0 Å². The predicted octanol–water partition coefficient (Wildman–Crippen LogP) is 2.18. The van der Waals surface area contributed by atoms with Gasteiger partial charge in [-0.15, -0.1) is 0 Å². The smallest absolute Gasteiger partial charge is 0.269 e. The van der Waals surface area contributed by atoms with Crippen molar-refractivity contribution in [3.05, 3.63) is 50.1 Å². The number of hydrogen-bond acceptors (Lipinski definition) is 5. The van der Waals surface area contributed by atoms with Gasteiger partial charge in [-0.2, -0.15) is 0 Å². The molecule has 0 radical (unpaired) electrons. The molecule has 0 unspecified atom stereocenters. The summed E-state index contributed by atoms with van der Waals surface area (Å²) in [5.41, 5.74) is -0.463. The van der Waals surface area contributed by atoms with Crippen LogP contribution in [0.3, 0.4) is 0 Å². The molecule has 19 heavy (non-hydrogen) atoms. The van der Waals surface area contributed by atoms with E-state index in [1.807, 2.05) is 0 Å². The van der Waals surface area contributed by atoms with Crippen LogP contribution in [0.5, 0.6) is 0 Å². The number of nitro benzene ring substituents is 1. The Balaban J connectivity index is 3.14. The van der Waals surface area contributed by atoms with Gasteiger partial charge in [0.1, 0.15) is 6.29 Å². The minimum atomic E-state index is -0.913. The Morgan fingerprint density at radius 1 is 1.21 bits per heavy atom. The number of nitrogens with zero attached hydrogens (tertiary/aromatic N) is 2. The van der Waals surface area contributed by atoms with Crippen LogP contribution in [0.1, 0.15) is 25.3 Å². The van der Waals surface area contributed by atoms with Gasteiger partial charge in [-0.3, -0.25) is 20.2 Å². The molecule has 1 aromatic rings. The summed E-state index contributed by atoms with van der Waals surface area (Å²) >= 11 is 0. The molecular formula is C12H14N2O5. The summed E-state index contributed by atoms with van der Waals surface area (Å²) in [6, 6.07) is 5.47. The van der Waals surface area contributed by atoms with Gasteiger partial charge < -0.3 is 4.79 Å². The Kier molecular flexibility index (Phi) is 4.31. The minimum Gasteiger partial charge on any atom is -0.303 e. The number of non-ortho nitro benzene ring substituents is 1. The fraction of sp³-hybridized carbons (Fsp3) is 0.417. The molecule has 0 bridgehead atoms. The quantitative estimate of drug-likeness (QED) is 0.446. The molecule has 0 aliphatic carbocycles. The van der Waals surface area contributed by atoms with Crippen molar-refractivity contribution in [1.82, 2.24) is 0 Å². The van der Waals surface area contributed by atoms with E-state index in [4.69, 9.17) is 0 Å². The second kappa shape index (κ2) is 5.55. The van der Waals surface area contributed by atoms with Gasteiger partial charge >= 0.3 is 0 Å². The average molecular weight is 266 g/mol. The molecule has 0 heterocycles. The van der Waals surface area contributed by atoms with Crippen molar-refractivity contribution in [1.29, 1.82) is 0 Å². The number of hydrogen-bond donors (Lipinski definition) is 0. The standard InChI is InChI=1S/C12H14N2O5/c1-12(2,8-15)11(7-13(16)17)9-3-5-10(6-4-9)14(18)19/h3-6,8,11H,7H2,1-2H3/t11-/m1/s1. The minimum absolute atomic E-state index is 0.0903. The van der Waals surface area contributed by atoms with Gasteiger partial charge in [-0.25, -0.2) is 0 Å². The van der Waals surface area contributed by atoms with Crippen molar-refractivity contribution >= 4 is 12.0 Å². The normalized spacial score (nSPS) is 12.7. The summed E-state index contributed by atoms with van der Waals surface area (Å²) in [5.74, 6) is -0.624. The van der Waals surface area contributed by atoms with Crippen LogP contribution in [-0.4, -0.2) is 22.7 Å². The Labute approximate surface area is 109 Å². The van der Waals surface area contributed by atoms with Crippen molar-refractivity contribution in [2.75, 3.05) is 6.54 Å². The summed E-state index contributed by atoms with van der Waals surface area (Å²) in [5, 5.41) is 21.3. The first kappa shape index (κ1) is 14.7. The van der Waals surface area contributed by atoms with Crippen LogP contribution in [-0.2, 0) is 4.79 Å². The molecule has 0 saturated carbocycles. The fourth-order valence-electron chi connectivity index (χ4n) is 1.83. The Hall–Kier alpha value is -2.31. The van der Waals surface area contributed by atoms with Gasteiger partial charge in [-0.1, -0.05) is 26.0 Å². The second-order valence-electron chi connectivity index (χ2n) is 4.86. The average Bonchev–Trinajstić information content (AvgIpc) is 2.35. The highest BCUT2D eigenvalue weighted by Crippen LogP contribution is 2.34. The maximum absolute atomic E-state index is 11.1. The molecular weight excluding hydrogens is 252 g/mol. The monoisotopic (exact) mass is 266 g/mol. The Morgan fingerprint density at radius 2 is 1.74 bits per heavy atom. The summed E-state index contributed by atoms with van der Waals surface area (Å²) in [6.45, 7) is 2.81. The maximum atomic E-state index is 11.1. The largest absolute Gasteiger partial charge is 0.303 e. The summed E-state index contributed by atoms with van der Waals surface area (Å²) in [4.78, 5) is 31.3. The maximum Gasteiger partial charge on any atom is 0.269 e. The molecule has 0 N–H and O–H groups in total. The molecule has 0 aromatic heterocycles. The number of aldehydes is 1. The van der Waals surface area contributed by atoms with Crippen molar-refractivity contribution in [2.24, 2.45) is 5.41 Å². The highest BCUT2D eigenvalue weighted by molar-refractivity contribution is 5.60. The SMILES string of the molecule is CC(C)(C=O)[C@H](C[N+](=O)[O-])c1ccc([N+](=O)[O-])cc1. The number of rotatable bonds is 6. The van der Waals surface area contributed by atoms with E-state index in [1.165, 1.54) is 24.3 Å². The molecule has 0 fully saturated rings. The van der Waals surface area contributed by atoms with Gasteiger partial charge in [-0.05, 0) is 5.56 Å². The molecule has 1 atom stereocenters. The van der Waals surface area contributed by atoms with Crippen LogP contribution in [0.2, 0.25) is 0 Å². The summed E-state index contributed by atoms with van der Waals surface area (Å²) in [7, 11) is 0. The summed E-state index contributed by atoms with van der Waals surface area (Å²) < 4.78 is 0. The molecule has 7 nitrogen and oxygen atoms in total. The lowest BCUT2D eigenvalue weighted by atomic mass is 9.76. The summed E-state index contributed by atoms with van der Waals surface area (Å²) in [6.07, 6.45) is 0.669. The fourth-order valence-corrected chi connectivity index (χ4v) is 1.83. The first-order valence-electron chi connectivity index (χ1n) is 5.60. The van der Waals surface area contributed by atoms with Crippen molar-refractivity contribution in [2.45, 2.75) is 19.8 Å². The van der Waals surface area contributed by atoms with Crippen LogP contribution in [0.15, 0.2) is 24.3 Å². The van der Waals surface area contributed by atoms with E-state index in [0.29, 0.717) is 11.8 Å². The molecule has 0 aliphatic rings. The molecule has 1 aromatic carbocycles. The van der Waals surface area contributed by atoms with E-state index >= 15 is 0 Å².